The predicted octanol–water partition coefficient (Wildman–Crippen LogP) is 3.99. The van der Waals surface area contributed by atoms with Gasteiger partial charge in [0, 0.05) is 23.1 Å². The van der Waals surface area contributed by atoms with E-state index in [9.17, 15) is 17.6 Å². The lowest BCUT2D eigenvalue weighted by molar-refractivity contribution is -0.121. The van der Waals surface area contributed by atoms with Gasteiger partial charge in [-0.25, -0.2) is 12.8 Å². The summed E-state index contributed by atoms with van der Waals surface area (Å²) >= 11 is 7.51. The molecule has 2 rings (SSSR count). The zero-order valence-corrected chi connectivity index (χ0v) is 18.9. The summed E-state index contributed by atoms with van der Waals surface area (Å²) in [5, 5.41) is 3.13. The Kier molecular flexibility index (Phi) is 8.36. The molecule has 0 heterocycles. The summed E-state index contributed by atoms with van der Waals surface area (Å²) in [6.07, 6.45) is 1.06. The normalized spacial score (nSPS) is 12.4. The number of anilines is 1. The average molecular weight is 459 g/mol. The van der Waals surface area contributed by atoms with E-state index in [1.165, 1.54) is 30.8 Å². The molecule has 0 fully saturated rings. The third-order valence-corrected chi connectivity index (χ3v) is 6.73. The monoisotopic (exact) mass is 458 g/mol. The van der Waals surface area contributed by atoms with Crippen LogP contribution in [0.5, 0.6) is 0 Å². The Bertz CT molecular complexity index is 970. The zero-order chi connectivity index (χ0) is 21.6. The maximum Gasteiger partial charge on any atom is 0.243 e. The van der Waals surface area contributed by atoms with E-state index in [-0.39, 0.29) is 5.82 Å². The van der Waals surface area contributed by atoms with Gasteiger partial charge in [0.25, 0.3) is 0 Å². The number of rotatable bonds is 9. The molecule has 0 spiro atoms. The summed E-state index contributed by atoms with van der Waals surface area (Å²) in [5.41, 5.74) is 1.67. The second-order valence-electron chi connectivity index (χ2n) is 6.60. The quantitative estimate of drug-likeness (QED) is 0.577. The van der Waals surface area contributed by atoms with Crippen molar-refractivity contribution in [1.82, 2.24) is 5.32 Å². The van der Waals surface area contributed by atoms with Gasteiger partial charge in [0.1, 0.15) is 11.9 Å². The van der Waals surface area contributed by atoms with Gasteiger partial charge >= 0.3 is 0 Å². The number of amides is 1. The molecule has 0 bridgehead atoms. The van der Waals surface area contributed by atoms with Crippen LogP contribution in [-0.4, -0.2) is 38.9 Å². The van der Waals surface area contributed by atoms with Crippen molar-refractivity contribution in [3.05, 3.63) is 64.4 Å². The molecule has 0 aliphatic heterocycles. The van der Waals surface area contributed by atoms with E-state index >= 15 is 0 Å². The van der Waals surface area contributed by atoms with Crippen molar-refractivity contribution in [2.45, 2.75) is 25.6 Å². The Morgan fingerprint density at radius 1 is 1.28 bits per heavy atom. The summed E-state index contributed by atoms with van der Waals surface area (Å²) in [4.78, 5) is 12.6. The Hall–Kier alpha value is -1.77. The van der Waals surface area contributed by atoms with Crippen LogP contribution in [0.15, 0.2) is 42.5 Å². The number of aryl methyl sites for hydroxylation is 1. The summed E-state index contributed by atoms with van der Waals surface area (Å²) in [5.74, 6) is 0.400. The maximum atomic E-state index is 13.6. The second-order valence-corrected chi connectivity index (χ2v) is 10.0. The highest BCUT2D eigenvalue weighted by Crippen LogP contribution is 2.28. The average Bonchev–Trinajstić information content (AvgIpc) is 2.64. The maximum absolute atomic E-state index is 13.6. The van der Waals surface area contributed by atoms with E-state index in [1.807, 2.05) is 0 Å². The molecule has 2 aromatic rings. The van der Waals surface area contributed by atoms with Gasteiger partial charge in [-0.2, -0.15) is 11.8 Å². The molecule has 158 valence electrons. The van der Waals surface area contributed by atoms with Gasteiger partial charge in [0.05, 0.1) is 11.9 Å². The molecular weight excluding hydrogens is 435 g/mol. The molecule has 0 aromatic heterocycles. The van der Waals surface area contributed by atoms with Crippen LogP contribution in [0.3, 0.4) is 0 Å². The molecule has 9 heteroatoms. The van der Waals surface area contributed by atoms with Gasteiger partial charge in [0.2, 0.25) is 15.9 Å². The zero-order valence-electron chi connectivity index (χ0n) is 16.5. The number of thioether (sulfide) groups is 1. The lowest BCUT2D eigenvalue weighted by Gasteiger charge is -2.29. The minimum absolute atomic E-state index is 0.252. The van der Waals surface area contributed by atoms with Crippen molar-refractivity contribution in [2.75, 3.05) is 22.9 Å². The number of hydrogen-bond donors (Lipinski definition) is 1. The largest absolute Gasteiger partial charge is 0.353 e. The Balaban J connectivity index is 1.97. The number of sulfonamides is 1. The van der Waals surface area contributed by atoms with Crippen LogP contribution < -0.4 is 9.62 Å². The molecule has 29 heavy (non-hydrogen) atoms. The number of halogens is 2. The van der Waals surface area contributed by atoms with Crippen molar-refractivity contribution in [3.63, 3.8) is 0 Å². The number of hydrogen-bond acceptors (Lipinski definition) is 4. The first-order valence-electron chi connectivity index (χ1n) is 8.95. The highest BCUT2D eigenvalue weighted by Gasteiger charge is 2.30. The summed E-state index contributed by atoms with van der Waals surface area (Å²) in [6, 6.07) is 10.5. The Morgan fingerprint density at radius 2 is 1.97 bits per heavy atom. The van der Waals surface area contributed by atoms with E-state index in [0.29, 0.717) is 39.9 Å². The van der Waals surface area contributed by atoms with Gasteiger partial charge in [-0.1, -0.05) is 35.9 Å². The van der Waals surface area contributed by atoms with Crippen LogP contribution in [0.25, 0.3) is 0 Å². The Labute approximate surface area is 180 Å². The van der Waals surface area contributed by atoms with Crippen molar-refractivity contribution in [1.29, 1.82) is 0 Å². The molecule has 5 nitrogen and oxygen atoms in total. The number of carbonyl (C=O) groups excluding carboxylic acids is 1. The first-order chi connectivity index (χ1) is 13.6. The van der Waals surface area contributed by atoms with Gasteiger partial charge in [-0.05, 0) is 43.2 Å². The number of nitrogens with one attached hydrogen (secondary N) is 1. The molecule has 1 amide bonds. The third kappa shape index (κ3) is 6.62. The van der Waals surface area contributed by atoms with Crippen molar-refractivity contribution in [3.8, 4) is 0 Å². The van der Waals surface area contributed by atoms with Gasteiger partial charge in [-0.15, -0.1) is 0 Å². The van der Waals surface area contributed by atoms with Crippen LogP contribution in [0, 0.1) is 12.7 Å². The molecule has 1 unspecified atom stereocenters. The van der Waals surface area contributed by atoms with E-state index in [4.69, 9.17) is 11.6 Å². The molecule has 1 N–H and O–H groups in total. The molecule has 0 aliphatic carbocycles. The van der Waals surface area contributed by atoms with Crippen LogP contribution in [0.1, 0.15) is 18.1 Å². The molecule has 0 radical (unpaired) electrons. The van der Waals surface area contributed by atoms with Gasteiger partial charge in [0.15, 0.2) is 0 Å². The third-order valence-electron chi connectivity index (χ3n) is 4.26. The standard InChI is InChI=1S/C20H24ClFN2O3S2/c1-14-8-9-17(21)12-19(14)24(29(3,26)27)15(2)20(25)23-10-11-28-13-16-6-4-5-7-18(16)22/h4-9,12,15H,10-11,13H2,1-3H3,(H,23,25). The van der Waals surface area contributed by atoms with Crippen LogP contribution in [0.2, 0.25) is 5.02 Å². The van der Waals surface area contributed by atoms with Crippen molar-refractivity contribution >= 4 is 45.0 Å². The molecular formula is C20H24ClFN2O3S2. The molecule has 0 saturated heterocycles. The van der Waals surface area contributed by atoms with Gasteiger partial charge < -0.3 is 5.32 Å². The first-order valence-corrected chi connectivity index (χ1v) is 12.3. The van der Waals surface area contributed by atoms with Crippen LogP contribution >= 0.6 is 23.4 Å². The SMILES string of the molecule is Cc1ccc(Cl)cc1N(C(C)C(=O)NCCSCc1ccccc1F)S(C)(=O)=O. The molecule has 1 atom stereocenters. The van der Waals surface area contributed by atoms with Crippen LogP contribution in [0.4, 0.5) is 10.1 Å². The fourth-order valence-electron chi connectivity index (χ4n) is 2.79. The summed E-state index contributed by atoms with van der Waals surface area (Å²) in [6.45, 7) is 3.63. The topological polar surface area (TPSA) is 66.5 Å². The van der Waals surface area contributed by atoms with E-state index in [1.54, 1.807) is 37.3 Å². The molecule has 0 aliphatic rings. The summed E-state index contributed by atoms with van der Waals surface area (Å²) in [7, 11) is -3.71. The van der Waals surface area contributed by atoms with Crippen LogP contribution in [-0.2, 0) is 20.6 Å². The van der Waals surface area contributed by atoms with E-state index < -0.39 is 22.0 Å². The lowest BCUT2D eigenvalue weighted by atomic mass is 10.2. The smallest absolute Gasteiger partial charge is 0.243 e. The number of benzene rings is 2. The fraction of sp³-hybridized carbons (Fsp3) is 0.350. The number of nitrogens with zero attached hydrogens (tertiary/aromatic N) is 1. The minimum atomic E-state index is -3.71. The second kappa shape index (κ2) is 10.3. The van der Waals surface area contributed by atoms with E-state index in [2.05, 4.69) is 5.32 Å². The summed E-state index contributed by atoms with van der Waals surface area (Å²) < 4.78 is 39.4. The van der Waals surface area contributed by atoms with Crippen molar-refractivity contribution in [2.24, 2.45) is 0 Å². The van der Waals surface area contributed by atoms with Gasteiger partial charge in [-0.3, -0.25) is 9.10 Å². The first kappa shape index (κ1) is 23.5. The highest BCUT2D eigenvalue weighted by molar-refractivity contribution is 7.98. The predicted molar refractivity (Wildman–Crippen MR) is 119 cm³/mol. The highest BCUT2D eigenvalue weighted by atomic mass is 35.5. The lowest BCUT2D eigenvalue weighted by Crippen LogP contribution is -2.48. The fourth-order valence-corrected chi connectivity index (χ4v) is 5.03. The Morgan fingerprint density at radius 3 is 2.62 bits per heavy atom. The number of carbonyl (C=O) groups is 1. The molecule has 0 saturated carbocycles. The minimum Gasteiger partial charge on any atom is -0.353 e. The van der Waals surface area contributed by atoms with E-state index in [0.717, 1.165) is 10.6 Å². The molecule has 2 aromatic carbocycles. The van der Waals surface area contributed by atoms with Crippen molar-refractivity contribution < 1.29 is 17.6 Å².